The van der Waals surface area contributed by atoms with Gasteiger partial charge in [-0.25, -0.2) is 8.78 Å². The predicted molar refractivity (Wildman–Crippen MR) is 63.7 cm³/mol. The van der Waals surface area contributed by atoms with Crippen molar-refractivity contribution in [3.05, 3.63) is 28.2 Å². The van der Waals surface area contributed by atoms with Gasteiger partial charge in [-0.1, -0.05) is 0 Å². The van der Waals surface area contributed by atoms with Crippen LogP contribution in [0.2, 0.25) is 0 Å². The molecule has 1 fully saturated rings. The Balaban J connectivity index is 2.38. The Morgan fingerprint density at radius 1 is 1.44 bits per heavy atom. The third kappa shape index (κ3) is 2.20. The second kappa shape index (κ2) is 4.67. The first-order valence-electron chi connectivity index (χ1n) is 5.21. The molecule has 2 rings (SSSR count). The minimum absolute atomic E-state index is 0.199. The molecule has 5 heteroatoms. The third-order valence-electron chi connectivity index (χ3n) is 2.77. The molecule has 0 amide bonds. The normalized spacial score (nSPS) is 21.2. The van der Waals surface area contributed by atoms with Crippen LogP contribution in [0.15, 0.2) is 16.6 Å². The van der Waals surface area contributed by atoms with Gasteiger partial charge >= 0.3 is 0 Å². The zero-order valence-electron chi connectivity index (χ0n) is 8.93. The monoisotopic (exact) mass is 290 g/mol. The largest absolute Gasteiger partial charge is 0.363 e. The van der Waals surface area contributed by atoms with Crippen molar-refractivity contribution in [3.8, 4) is 0 Å². The fourth-order valence-electron chi connectivity index (χ4n) is 1.98. The Bertz CT molecular complexity index is 375. The summed E-state index contributed by atoms with van der Waals surface area (Å²) in [7, 11) is 0. The molecule has 1 heterocycles. The molecule has 1 unspecified atom stereocenters. The average molecular weight is 291 g/mol. The van der Waals surface area contributed by atoms with Gasteiger partial charge in [0.15, 0.2) is 5.82 Å². The topological polar surface area (TPSA) is 15.3 Å². The SMILES string of the molecule is CC1CNCCN1c1c(F)cc(F)cc1Br. The van der Waals surface area contributed by atoms with E-state index in [1.807, 2.05) is 11.8 Å². The zero-order chi connectivity index (χ0) is 11.7. The van der Waals surface area contributed by atoms with E-state index in [9.17, 15) is 8.78 Å². The van der Waals surface area contributed by atoms with E-state index in [1.54, 1.807) is 0 Å². The van der Waals surface area contributed by atoms with Crippen LogP contribution in [0.4, 0.5) is 14.5 Å². The van der Waals surface area contributed by atoms with E-state index in [1.165, 1.54) is 6.07 Å². The molecule has 1 aliphatic heterocycles. The van der Waals surface area contributed by atoms with Crippen molar-refractivity contribution < 1.29 is 8.78 Å². The van der Waals surface area contributed by atoms with Crippen LogP contribution in [-0.2, 0) is 0 Å². The first-order chi connectivity index (χ1) is 7.59. The molecular weight excluding hydrogens is 278 g/mol. The molecule has 1 N–H and O–H groups in total. The molecule has 1 aromatic carbocycles. The number of anilines is 1. The van der Waals surface area contributed by atoms with Gasteiger partial charge in [-0.2, -0.15) is 0 Å². The quantitative estimate of drug-likeness (QED) is 0.855. The highest BCUT2D eigenvalue weighted by atomic mass is 79.9. The summed E-state index contributed by atoms with van der Waals surface area (Å²) < 4.78 is 27.2. The first kappa shape index (κ1) is 11.8. The minimum atomic E-state index is -0.559. The number of nitrogens with zero attached hydrogens (tertiary/aromatic N) is 1. The van der Waals surface area contributed by atoms with Crippen LogP contribution in [0.3, 0.4) is 0 Å². The second-order valence-corrected chi connectivity index (χ2v) is 4.82. The number of halogens is 3. The number of nitrogens with one attached hydrogen (secondary N) is 1. The van der Waals surface area contributed by atoms with Crippen molar-refractivity contribution in [1.29, 1.82) is 0 Å². The van der Waals surface area contributed by atoms with Crippen LogP contribution in [-0.4, -0.2) is 25.7 Å². The van der Waals surface area contributed by atoms with Gasteiger partial charge < -0.3 is 10.2 Å². The van der Waals surface area contributed by atoms with Crippen molar-refractivity contribution in [2.45, 2.75) is 13.0 Å². The van der Waals surface area contributed by atoms with E-state index in [0.717, 1.165) is 25.7 Å². The zero-order valence-corrected chi connectivity index (χ0v) is 10.5. The van der Waals surface area contributed by atoms with Crippen LogP contribution in [0.5, 0.6) is 0 Å². The molecule has 0 aliphatic carbocycles. The van der Waals surface area contributed by atoms with Gasteiger partial charge in [0, 0.05) is 36.2 Å². The smallest absolute Gasteiger partial charge is 0.150 e. The van der Waals surface area contributed by atoms with E-state index in [0.29, 0.717) is 10.2 Å². The summed E-state index contributed by atoms with van der Waals surface area (Å²) >= 11 is 3.22. The fourth-order valence-corrected chi connectivity index (χ4v) is 2.62. The molecular formula is C11H13BrF2N2. The van der Waals surface area contributed by atoms with Gasteiger partial charge in [-0.15, -0.1) is 0 Å². The summed E-state index contributed by atoms with van der Waals surface area (Å²) in [6.45, 7) is 4.36. The second-order valence-electron chi connectivity index (χ2n) is 3.96. The summed E-state index contributed by atoms with van der Waals surface area (Å²) in [5.74, 6) is -1.07. The lowest BCUT2D eigenvalue weighted by Crippen LogP contribution is -2.50. The lowest BCUT2D eigenvalue weighted by atomic mass is 10.1. The van der Waals surface area contributed by atoms with Gasteiger partial charge in [0.2, 0.25) is 0 Å². The summed E-state index contributed by atoms with van der Waals surface area (Å²) in [5, 5.41) is 3.23. The Hall–Kier alpha value is -0.680. The van der Waals surface area contributed by atoms with Crippen molar-refractivity contribution in [2.75, 3.05) is 24.5 Å². The van der Waals surface area contributed by atoms with E-state index in [2.05, 4.69) is 21.2 Å². The number of benzene rings is 1. The van der Waals surface area contributed by atoms with Gasteiger partial charge in [0.25, 0.3) is 0 Å². The molecule has 1 aliphatic rings. The van der Waals surface area contributed by atoms with E-state index >= 15 is 0 Å². The summed E-state index contributed by atoms with van der Waals surface area (Å²) in [5.41, 5.74) is 0.454. The average Bonchev–Trinajstić information content (AvgIpc) is 2.19. The number of piperazine rings is 1. The molecule has 1 aromatic rings. The molecule has 0 saturated carbocycles. The molecule has 0 bridgehead atoms. The van der Waals surface area contributed by atoms with Gasteiger partial charge in [-0.05, 0) is 28.9 Å². The number of hydrogen-bond acceptors (Lipinski definition) is 2. The first-order valence-corrected chi connectivity index (χ1v) is 6.01. The van der Waals surface area contributed by atoms with Crippen molar-refractivity contribution in [2.24, 2.45) is 0 Å². The Labute approximate surface area is 102 Å². The molecule has 1 atom stereocenters. The maximum absolute atomic E-state index is 13.7. The highest BCUT2D eigenvalue weighted by Gasteiger charge is 2.23. The summed E-state index contributed by atoms with van der Waals surface area (Å²) in [4.78, 5) is 1.95. The van der Waals surface area contributed by atoms with E-state index in [4.69, 9.17) is 0 Å². The molecule has 16 heavy (non-hydrogen) atoms. The molecule has 1 saturated heterocycles. The maximum atomic E-state index is 13.7. The van der Waals surface area contributed by atoms with Crippen LogP contribution in [0.1, 0.15) is 6.92 Å². The number of hydrogen-bond donors (Lipinski definition) is 1. The van der Waals surface area contributed by atoms with Crippen LogP contribution < -0.4 is 10.2 Å². The van der Waals surface area contributed by atoms with Gasteiger partial charge in [0.05, 0.1) is 5.69 Å². The van der Waals surface area contributed by atoms with Crippen molar-refractivity contribution >= 4 is 21.6 Å². The maximum Gasteiger partial charge on any atom is 0.150 e. The highest BCUT2D eigenvalue weighted by molar-refractivity contribution is 9.10. The minimum Gasteiger partial charge on any atom is -0.363 e. The standard InChI is InChI=1S/C11H13BrF2N2/c1-7-6-15-2-3-16(7)11-9(12)4-8(13)5-10(11)14/h4-5,7,15H,2-3,6H2,1H3. The van der Waals surface area contributed by atoms with Crippen molar-refractivity contribution in [1.82, 2.24) is 5.32 Å². The van der Waals surface area contributed by atoms with Gasteiger partial charge in [-0.3, -0.25) is 0 Å². The Kier molecular flexibility index (Phi) is 3.44. The molecule has 2 nitrogen and oxygen atoms in total. The molecule has 0 aromatic heterocycles. The summed E-state index contributed by atoms with van der Waals surface area (Å²) in [6, 6.07) is 2.42. The van der Waals surface area contributed by atoms with Gasteiger partial charge in [0.1, 0.15) is 5.82 Å². The molecule has 0 spiro atoms. The van der Waals surface area contributed by atoms with Crippen LogP contribution in [0, 0.1) is 11.6 Å². The lowest BCUT2D eigenvalue weighted by Gasteiger charge is -2.36. The fraction of sp³-hybridized carbons (Fsp3) is 0.455. The predicted octanol–water partition coefficient (Wildman–Crippen LogP) is 2.53. The molecule has 0 radical (unpaired) electrons. The van der Waals surface area contributed by atoms with Crippen LogP contribution in [0.25, 0.3) is 0 Å². The van der Waals surface area contributed by atoms with Crippen LogP contribution >= 0.6 is 15.9 Å². The lowest BCUT2D eigenvalue weighted by molar-refractivity contribution is 0.488. The molecule has 88 valence electrons. The summed E-state index contributed by atoms with van der Waals surface area (Å²) in [6.07, 6.45) is 0. The number of rotatable bonds is 1. The van der Waals surface area contributed by atoms with E-state index in [-0.39, 0.29) is 6.04 Å². The Morgan fingerprint density at radius 2 is 2.19 bits per heavy atom. The highest BCUT2D eigenvalue weighted by Crippen LogP contribution is 2.32. The van der Waals surface area contributed by atoms with Crippen molar-refractivity contribution in [3.63, 3.8) is 0 Å². The van der Waals surface area contributed by atoms with E-state index < -0.39 is 11.6 Å². The Morgan fingerprint density at radius 3 is 2.81 bits per heavy atom. The third-order valence-corrected chi connectivity index (χ3v) is 3.37.